The van der Waals surface area contributed by atoms with Crippen LogP contribution in [0.3, 0.4) is 0 Å². The molecule has 2 saturated carbocycles. The maximum Gasteiger partial charge on any atom is 0.242 e. The van der Waals surface area contributed by atoms with Gasteiger partial charge in [0.1, 0.15) is 0 Å². The molecule has 0 bridgehead atoms. The molecule has 1 spiro atoms. The molecule has 0 saturated heterocycles. The zero-order chi connectivity index (χ0) is 13.5. The number of aliphatic hydroxyl groups excluding tert-OH is 1. The van der Waals surface area contributed by atoms with E-state index in [1.807, 2.05) is 13.8 Å². The summed E-state index contributed by atoms with van der Waals surface area (Å²) in [6.07, 6.45) is 6.33. The molecule has 2 N–H and O–H groups in total. The Balaban J connectivity index is 1.60. The zero-order valence-corrected chi connectivity index (χ0v) is 11.7. The van der Waals surface area contributed by atoms with Gasteiger partial charge in [-0.05, 0) is 44.9 Å². The summed E-state index contributed by atoms with van der Waals surface area (Å²) in [7, 11) is 0. The Morgan fingerprint density at radius 2 is 1.89 bits per heavy atom. The van der Waals surface area contributed by atoms with Gasteiger partial charge in [-0.15, -0.1) is 5.10 Å². The van der Waals surface area contributed by atoms with Crippen LogP contribution in [0, 0.1) is 24.7 Å². The van der Waals surface area contributed by atoms with E-state index in [1.54, 1.807) is 0 Å². The molecule has 1 aromatic rings. The first kappa shape index (κ1) is 12.8. The minimum absolute atomic E-state index is 0.0303. The van der Waals surface area contributed by atoms with Crippen LogP contribution < -0.4 is 5.32 Å². The molecule has 0 atom stereocenters. The molecule has 0 aliphatic heterocycles. The lowest BCUT2D eigenvalue weighted by Gasteiger charge is -2.60. The summed E-state index contributed by atoms with van der Waals surface area (Å²) >= 11 is 0. The van der Waals surface area contributed by atoms with Crippen LogP contribution in [0.25, 0.3) is 0 Å². The molecule has 1 aromatic heterocycles. The Bertz CT molecular complexity index is 476. The third kappa shape index (κ3) is 2.20. The molecule has 104 valence electrons. The smallest absolute Gasteiger partial charge is 0.242 e. The summed E-state index contributed by atoms with van der Waals surface area (Å²) in [6, 6.07) is 0. The molecule has 0 aromatic carbocycles. The van der Waals surface area contributed by atoms with Gasteiger partial charge in [0.05, 0.1) is 18.0 Å². The van der Waals surface area contributed by atoms with E-state index in [2.05, 4.69) is 20.5 Å². The fourth-order valence-electron chi connectivity index (χ4n) is 3.66. The fourth-order valence-corrected chi connectivity index (χ4v) is 3.66. The minimum Gasteiger partial charge on any atom is -0.396 e. The van der Waals surface area contributed by atoms with Crippen LogP contribution in [0.5, 0.6) is 0 Å². The van der Waals surface area contributed by atoms with Crippen molar-refractivity contribution in [1.29, 1.82) is 0 Å². The van der Waals surface area contributed by atoms with E-state index in [4.69, 9.17) is 0 Å². The molecule has 0 amide bonds. The van der Waals surface area contributed by atoms with Gasteiger partial charge in [0.2, 0.25) is 5.95 Å². The fraction of sp³-hybridized carbons (Fsp3) is 0.786. The summed E-state index contributed by atoms with van der Waals surface area (Å²) in [4.78, 5) is 4.37. The van der Waals surface area contributed by atoms with Gasteiger partial charge in [0.15, 0.2) is 0 Å². The lowest BCUT2D eigenvalue weighted by molar-refractivity contribution is -0.113. The number of nitrogens with zero attached hydrogens (tertiary/aromatic N) is 3. The number of hydrogen-bond acceptors (Lipinski definition) is 5. The van der Waals surface area contributed by atoms with Crippen LogP contribution in [0.2, 0.25) is 0 Å². The van der Waals surface area contributed by atoms with Crippen LogP contribution in [0.1, 0.15) is 43.5 Å². The van der Waals surface area contributed by atoms with Crippen molar-refractivity contribution in [2.24, 2.45) is 10.8 Å². The normalized spacial score (nSPS) is 22.7. The van der Waals surface area contributed by atoms with Crippen LogP contribution in [-0.2, 0) is 0 Å². The summed E-state index contributed by atoms with van der Waals surface area (Å²) in [5.41, 5.74) is 2.36. The Hall–Kier alpha value is -1.23. The van der Waals surface area contributed by atoms with Gasteiger partial charge in [0, 0.05) is 12.0 Å². The number of nitrogens with one attached hydrogen (secondary N) is 1. The molecular weight excluding hydrogens is 240 g/mol. The Labute approximate surface area is 113 Å². The van der Waals surface area contributed by atoms with Crippen LogP contribution in [0.15, 0.2) is 0 Å². The van der Waals surface area contributed by atoms with Crippen LogP contribution in [0.4, 0.5) is 5.95 Å². The van der Waals surface area contributed by atoms with Gasteiger partial charge in [-0.25, -0.2) is 4.98 Å². The summed E-state index contributed by atoms with van der Waals surface area (Å²) in [6.45, 7) is 4.83. The van der Waals surface area contributed by atoms with E-state index in [0.717, 1.165) is 30.8 Å². The minimum atomic E-state index is 0.0303. The molecule has 3 rings (SSSR count). The molecule has 1 heterocycles. The first-order valence-corrected chi connectivity index (χ1v) is 7.09. The number of aryl methyl sites for hydroxylation is 2. The van der Waals surface area contributed by atoms with E-state index >= 15 is 0 Å². The highest BCUT2D eigenvalue weighted by Crippen LogP contribution is 2.64. The van der Waals surface area contributed by atoms with Gasteiger partial charge in [-0.3, -0.25) is 0 Å². The Kier molecular flexibility index (Phi) is 2.96. The van der Waals surface area contributed by atoms with Crippen molar-refractivity contribution in [3.05, 3.63) is 11.4 Å². The summed E-state index contributed by atoms with van der Waals surface area (Å²) in [5, 5.41) is 21.0. The van der Waals surface area contributed by atoms with Crippen molar-refractivity contribution in [3.63, 3.8) is 0 Å². The van der Waals surface area contributed by atoms with Gasteiger partial charge < -0.3 is 10.4 Å². The highest BCUT2D eigenvalue weighted by molar-refractivity contribution is 5.26. The van der Waals surface area contributed by atoms with Crippen LogP contribution >= 0.6 is 0 Å². The molecule has 5 nitrogen and oxygen atoms in total. The lowest BCUT2D eigenvalue weighted by atomic mass is 9.45. The summed E-state index contributed by atoms with van der Waals surface area (Å²) < 4.78 is 0. The second-order valence-electron chi connectivity index (χ2n) is 6.53. The van der Waals surface area contributed by atoms with E-state index in [-0.39, 0.29) is 12.0 Å². The van der Waals surface area contributed by atoms with Gasteiger partial charge >= 0.3 is 0 Å². The Morgan fingerprint density at radius 1 is 1.16 bits per heavy atom. The van der Waals surface area contributed by atoms with Crippen molar-refractivity contribution < 1.29 is 5.11 Å². The second kappa shape index (κ2) is 4.40. The molecule has 5 heteroatoms. The molecule has 0 unspecified atom stereocenters. The van der Waals surface area contributed by atoms with Crippen molar-refractivity contribution in [3.8, 4) is 0 Å². The molecule has 0 radical (unpaired) electrons. The predicted molar refractivity (Wildman–Crippen MR) is 72.8 cm³/mol. The topological polar surface area (TPSA) is 70.9 Å². The third-order valence-electron chi connectivity index (χ3n) is 4.96. The molecule has 2 aliphatic carbocycles. The Morgan fingerprint density at radius 3 is 2.42 bits per heavy atom. The first-order chi connectivity index (χ1) is 9.06. The first-order valence-electron chi connectivity index (χ1n) is 7.09. The largest absolute Gasteiger partial charge is 0.396 e. The van der Waals surface area contributed by atoms with Gasteiger partial charge in [0.25, 0.3) is 0 Å². The summed E-state index contributed by atoms with van der Waals surface area (Å²) in [5.74, 6) is 0.575. The maximum absolute atomic E-state index is 9.67. The number of aliphatic hydroxyl groups is 1. The number of rotatable bonds is 4. The lowest BCUT2D eigenvalue weighted by Crippen LogP contribution is -2.55. The molecular formula is C14H22N4O. The van der Waals surface area contributed by atoms with Gasteiger partial charge in [-0.2, -0.15) is 5.10 Å². The highest BCUT2D eigenvalue weighted by atomic mass is 16.3. The monoisotopic (exact) mass is 262 g/mol. The standard InChI is InChI=1S/C14H22N4O/c1-10-11(2)17-18-12(16-10)15-8-14(9-19)6-13(7-14)4-3-5-13/h19H,3-9H2,1-2H3,(H,15,16,18). The van der Waals surface area contributed by atoms with Crippen molar-refractivity contribution >= 4 is 5.95 Å². The van der Waals surface area contributed by atoms with E-state index in [9.17, 15) is 5.11 Å². The van der Waals surface area contributed by atoms with E-state index in [1.165, 1.54) is 19.3 Å². The van der Waals surface area contributed by atoms with Crippen molar-refractivity contribution in [1.82, 2.24) is 15.2 Å². The molecule has 19 heavy (non-hydrogen) atoms. The third-order valence-corrected chi connectivity index (χ3v) is 4.96. The number of anilines is 1. The van der Waals surface area contributed by atoms with Crippen molar-refractivity contribution in [2.75, 3.05) is 18.5 Å². The van der Waals surface area contributed by atoms with Gasteiger partial charge in [-0.1, -0.05) is 6.42 Å². The predicted octanol–water partition coefficient (Wildman–Crippen LogP) is 1.84. The maximum atomic E-state index is 9.67. The molecule has 2 aliphatic rings. The zero-order valence-electron chi connectivity index (χ0n) is 11.7. The average molecular weight is 262 g/mol. The van der Waals surface area contributed by atoms with E-state index < -0.39 is 0 Å². The second-order valence-corrected chi connectivity index (χ2v) is 6.53. The quantitative estimate of drug-likeness (QED) is 0.866. The highest BCUT2D eigenvalue weighted by Gasteiger charge is 2.56. The van der Waals surface area contributed by atoms with E-state index in [0.29, 0.717) is 11.4 Å². The number of hydrogen-bond donors (Lipinski definition) is 2. The average Bonchev–Trinajstić information content (AvgIpc) is 2.31. The van der Waals surface area contributed by atoms with Crippen LogP contribution in [-0.4, -0.2) is 33.4 Å². The van der Waals surface area contributed by atoms with Crippen molar-refractivity contribution in [2.45, 2.75) is 46.0 Å². The number of aromatic nitrogens is 3. The SMILES string of the molecule is Cc1nnc(NCC2(CO)CC3(CCC3)C2)nc1C. The molecule has 2 fully saturated rings.